The molecule has 0 bridgehead atoms. The SMILES string of the molecule is CC(CCl)C(=O)N1CCCC1c1cccc(Cl)c1. The fourth-order valence-electron chi connectivity index (χ4n) is 2.44. The maximum absolute atomic E-state index is 12.3. The maximum atomic E-state index is 12.3. The van der Waals surface area contributed by atoms with Gasteiger partial charge in [0.1, 0.15) is 0 Å². The van der Waals surface area contributed by atoms with Gasteiger partial charge in [-0.1, -0.05) is 30.7 Å². The van der Waals surface area contributed by atoms with Crippen LogP contribution in [0.2, 0.25) is 5.02 Å². The van der Waals surface area contributed by atoms with E-state index in [0.717, 1.165) is 30.0 Å². The molecule has 4 heteroatoms. The molecular weight excluding hydrogens is 269 g/mol. The second-order valence-electron chi connectivity index (χ2n) is 4.80. The second kappa shape index (κ2) is 5.94. The summed E-state index contributed by atoms with van der Waals surface area (Å²) in [6.07, 6.45) is 2.04. The third-order valence-electron chi connectivity index (χ3n) is 3.42. The van der Waals surface area contributed by atoms with E-state index < -0.39 is 0 Å². The van der Waals surface area contributed by atoms with Crippen LogP contribution in [0.15, 0.2) is 24.3 Å². The summed E-state index contributed by atoms with van der Waals surface area (Å²) in [5.74, 6) is 0.399. The number of halogens is 2. The van der Waals surface area contributed by atoms with Gasteiger partial charge >= 0.3 is 0 Å². The Labute approximate surface area is 118 Å². The minimum absolute atomic E-state index is 0.119. The summed E-state index contributed by atoms with van der Waals surface area (Å²) in [4.78, 5) is 14.2. The normalized spacial score (nSPS) is 21.1. The van der Waals surface area contributed by atoms with E-state index in [1.807, 2.05) is 36.1 Å². The number of carbonyl (C=O) groups is 1. The van der Waals surface area contributed by atoms with E-state index in [4.69, 9.17) is 23.2 Å². The lowest BCUT2D eigenvalue weighted by molar-refractivity contribution is -0.135. The van der Waals surface area contributed by atoms with E-state index in [1.165, 1.54) is 0 Å². The second-order valence-corrected chi connectivity index (χ2v) is 5.55. The van der Waals surface area contributed by atoms with Crippen molar-refractivity contribution in [1.82, 2.24) is 4.90 Å². The molecule has 98 valence electrons. The van der Waals surface area contributed by atoms with Crippen molar-refractivity contribution in [3.8, 4) is 0 Å². The average molecular weight is 286 g/mol. The van der Waals surface area contributed by atoms with Crippen LogP contribution in [0.3, 0.4) is 0 Å². The molecule has 1 fully saturated rings. The lowest BCUT2D eigenvalue weighted by Crippen LogP contribution is -2.35. The third-order valence-corrected chi connectivity index (χ3v) is 4.12. The number of alkyl halides is 1. The molecule has 1 heterocycles. The molecule has 2 unspecified atom stereocenters. The molecule has 1 amide bonds. The minimum Gasteiger partial charge on any atom is -0.335 e. The highest BCUT2D eigenvalue weighted by Gasteiger charge is 2.31. The van der Waals surface area contributed by atoms with Crippen molar-refractivity contribution in [2.24, 2.45) is 5.92 Å². The molecule has 2 atom stereocenters. The molecule has 1 saturated heterocycles. The molecule has 2 rings (SSSR count). The van der Waals surface area contributed by atoms with Crippen molar-refractivity contribution in [3.05, 3.63) is 34.9 Å². The van der Waals surface area contributed by atoms with Crippen LogP contribution in [0.4, 0.5) is 0 Å². The van der Waals surface area contributed by atoms with Crippen molar-refractivity contribution in [2.45, 2.75) is 25.8 Å². The standard InChI is InChI=1S/C14H17Cl2NO/c1-10(9-15)14(18)17-7-3-6-13(17)11-4-2-5-12(16)8-11/h2,4-5,8,10,13H,3,6-7,9H2,1H3. The molecule has 0 spiro atoms. The molecule has 0 aromatic heterocycles. The highest BCUT2D eigenvalue weighted by Crippen LogP contribution is 2.34. The van der Waals surface area contributed by atoms with Gasteiger partial charge in [-0.25, -0.2) is 0 Å². The Hall–Kier alpha value is -0.730. The molecule has 2 nitrogen and oxygen atoms in total. The van der Waals surface area contributed by atoms with E-state index in [-0.39, 0.29) is 17.9 Å². The van der Waals surface area contributed by atoms with Gasteiger partial charge < -0.3 is 4.90 Å². The number of amides is 1. The van der Waals surface area contributed by atoms with Gasteiger partial charge in [-0.15, -0.1) is 11.6 Å². The van der Waals surface area contributed by atoms with Crippen LogP contribution in [-0.2, 0) is 4.79 Å². The molecule has 18 heavy (non-hydrogen) atoms. The lowest BCUT2D eigenvalue weighted by Gasteiger charge is -2.27. The smallest absolute Gasteiger partial charge is 0.227 e. The summed E-state index contributed by atoms with van der Waals surface area (Å²) in [6.45, 7) is 2.69. The Morgan fingerprint density at radius 1 is 1.56 bits per heavy atom. The summed E-state index contributed by atoms with van der Waals surface area (Å²) in [6, 6.07) is 7.93. The van der Waals surface area contributed by atoms with Crippen LogP contribution in [0.1, 0.15) is 31.4 Å². The average Bonchev–Trinajstić information content (AvgIpc) is 2.86. The molecule has 1 aliphatic rings. The Balaban J connectivity index is 2.20. The number of hydrogen-bond donors (Lipinski definition) is 0. The molecular formula is C14H17Cl2NO. The molecule has 1 aromatic rings. The topological polar surface area (TPSA) is 20.3 Å². The minimum atomic E-state index is -0.119. The highest BCUT2D eigenvalue weighted by atomic mass is 35.5. The Morgan fingerprint density at radius 3 is 3.00 bits per heavy atom. The first-order valence-corrected chi connectivity index (χ1v) is 7.16. The number of rotatable bonds is 3. The molecule has 0 saturated carbocycles. The van der Waals surface area contributed by atoms with Gasteiger partial charge in [0.2, 0.25) is 5.91 Å². The Kier molecular flexibility index (Phi) is 4.52. The third kappa shape index (κ3) is 2.81. The summed E-state index contributed by atoms with van der Waals surface area (Å²) >= 11 is 11.8. The molecule has 0 N–H and O–H groups in total. The summed E-state index contributed by atoms with van der Waals surface area (Å²) < 4.78 is 0. The largest absolute Gasteiger partial charge is 0.335 e. The molecule has 1 aliphatic heterocycles. The fourth-order valence-corrected chi connectivity index (χ4v) is 2.77. The highest BCUT2D eigenvalue weighted by molar-refractivity contribution is 6.30. The van der Waals surface area contributed by atoms with Crippen LogP contribution in [-0.4, -0.2) is 23.2 Å². The van der Waals surface area contributed by atoms with Gasteiger partial charge in [-0.3, -0.25) is 4.79 Å². The van der Waals surface area contributed by atoms with Gasteiger partial charge in [-0.05, 0) is 30.5 Å². The maximum Gasteiger partial charge on any atom is 0.227 e. The van der Waals surface area contributed by atoms with Crippen molar-refractivity contribution in [3.63, 3.8) is 0 Å². The van der Waals surface area contributed by atoms with E-state index in [0.29, 0.717) is 5.88 Å². The van der Waals surface area contributed by atoms with Crippen molar-refractivity contribution in [1.29, 1.82) is 0 Å². The predicted octanol–water partition coefficient (Wildman–Crippen LogP) is 3.88. The van der Waals surface area contributed by atoms with Crippen LogP contribution in [0.25, 0.3) is 0 Å². The van der Waals surface area contributed by atoms with Crippen molar-refractivity contribution >= 4 is 29.1 Å². The summed E-state index contributed by atoms with van der Waals surface area (Å²) in [5.41, 5.74) is 1.12. The first-order valence-electron chi connectivity index (χ1n) is 6.25. The number of benzene rings is 1. The van der Waals surface area contributed by atoms with Gasteiger partial charge in [-0.2, -0.15) is 0 Å². The van der Waals surface area contributed by atoms with Gasteiger partial charge in [0.05, 0.1) is 6.04 Å². The van der Waals surface area contributed by atoms with Crippen LogP contribution in [0.5, 0.6) is 0 Å². The first-order chi connectivity index (χ1) is 8.63. The fraction of sp³-hybridized carbons (Fsp3) is 0.500. The number of carbonyl (C=O) groups excluding carboxylic acids is 1. The van der Waals surface area contributed by atoms with E-state index in [2.05, 4.69) is 0 Å². The van der Waals surface area contributed by atoms with Crippen LogP contribution < -0.4 is 0 Å². The zero-order valence-corrected chi connectivity index (χ0v) is 11.9. The predicted molar refractivity (Wildman–Crippen MR) is 75.0 cm³/mol. The van der Waals surface area contributed by atoms with E-state index in [1.54, 1.807) is 0 Å². The molecule has 0 radical (unpaired) electrons. The first kappa shape index (κ1) is 13.7. The zero-order valence-electron chi connectivity index (χ0n) is 10.4. The summed E-state index contributed by atoms with van der Waals surface area (Å²) in [7, 11) is 0. The summed E-state index contributed by atoms with van der Waals surface area (Å²) in [5, 5.41) is 0.720. The van der Waals surface area contributed by atoms with Gasteiger partial charge in [0.15, 0.2) is 0 Å². The Bertz CT molecular complexity index is 436. The lowest BCUT2D eigenvalue weighted by atomic mass is 10.0. The van der Waals surface area contributed by atoms with Gasteiger partial charge in [0.25, 0.3) is 0 Å². The van der Waals surface area contributed by atoms with E-state index in [9.17, 15) is 4.79 Å². The monoisotopic (exact) mass is 285 g/mol. The van der Waals surface area contributed by atoms with E-state index >= 15 is 0 Å². The quantitative estimate of drug-likeness (QED) is 0.772. The number of nitrogens with zero attached hydrogens (tertiary/aromatic N) is 1. The molecule has 0 aliphatic carbocycles. The Morgan fingerprint density at radius 2 is 2.33 bits per heavy atom. The number of likely N-dealkylation sites (tertiary alicyclic amines) is 1. The number of hydrogen-bond acceptors (Lipinski definition) is 1. The molecule has 1 aromatic carbocycles. The van der Waals surface area contributed by atoms with Crippen molar-refractivity contribution in [2.75, 3.05) is 12.4 Å². The zero-order chi connectivity index (χ0) is 13.1. The van der Waals surface area contributed by atoms with Crippen LogP contribution in [0, 0.1) is 5.92 Å². The van der Waals surface area contributed by atoms with Gasteiger partial charge in [0, 0.05) is 23.4 Å². The van der Waals surface area contributed by atoms with Crippen LogP contribution >= 0.6 is 23.2 Å². The van der Waals surface area contributed by atoms with Crippen molar-refractivity contribution < 1.29 is 4.79 Å².